The van der Waals surface area contributed by atoms with Crippen molar-refractivity contribution in [1.82, 2.24) is 0 Å². The predicted octanol–water partition coefficient (Wildman–Crippen LogP) is 3.68. The summed E-state index contributed by atoms with van der Waals surface area (Å²) in [6.07, 6.45) is 2.16. The molecule has 0 saturated heterocycles. The first-order valence-corrected chi connectivity index (χ1v) is 6.50. The Morgan fingerprint density at radius 3 is 2.33 bits per heavy atom. The number of aryl methyl sites for hydroxylation is 2. The normalized spacial score (nSPS) is 13.9. The zero-order valence-electron chi connectivity index (χ0n) is 10.9. The Balaban J connectivity index is 2.14. The molecule has 1 aliphatic rings. The lowest BCUT2D eigenvalue weighted by molar-refractivity contribution is 0.0785. The molecule has 2 aromatic rings. The van der Waals surface area contributed by atoms with Crippen LogP contribution in [0.1, 0.15) is 30.5 Å². The number of fused-ring (bicyclic) bond motifs is 3. The first-order valence-electron chi connectivity index (χ1n) is 6.50. The van der Waals surface area contributed by atoms with Crippen molar-refractivity contribution in [3.63, 3.8) is 0 Å². The zero-order valence-corrected chi connectivity index (χ0v) is 10.9. The lowest BCUT2D eigenvalue weighted by atomic mass is 9.83. The summed E-state index contributed by atoms with van der Waals surface area (Å²) in [4.78, 5) is 0. The fourth-order valence-corrected chi connectivity index (χ4v) is 2.71. The lowest BCUT2D eigenvalue weighted by Crippen LogP contribution is -2.16. The van der Waals surface area contributed by atoms with E-state index in [1.165, 1.54) is 22.3 Å². The summed E-state index contributed by atoms with van der Waals surface area (Å²) in [6, 6.07) is 15.0. The Hall–Kier alpha value is -1.60. The molecule has 0 saturated carbocycles. The van der Waals surface area contributed by atoms with Crippen LogP contribution >= 0.6 is 0 Å². The summed E-state index contributed by atoms with van der Waals surface area (Å²) in [6.45, 7) is 3.68. The molecule has 92 valence electrons. The molecule has 2 aromatic carbocycles. The molecule has 0 fully saturated rings. The van der Waals surface area contributed by atoms with Gasteiger partial charge < -0.3 is 5.11 Å². The molecule has 18 heavy (non-hydrogen) atoms. The quantitative estimate of drug-likeness (QED) is 0.803. The van der Waals surface area contributed by atoms with Gasteiger partial charge in [0.15, 0.2) is 0 Å². The van der Waals surface area contributed by atoms with Gasteiger partial charge in [-0.25, -0.2) is 0 Å². The Bertz CT molecular complexity index is 591. The highest BCUT2D eigenvalue weighted by atomic mass is 16.3. The van der Waals surface area contributed by atoms with E-state index in [-0.39, 0.29) is 0 Å². The van der Waals surface area contributed by atoms with Gasteiger partial charge in [-0.05, 0) is 54.5 Å². The van der Waals surface area contributed by atoms with Gasteiger partial charge in [0.1, 0.15) is 0 Å². The van der Waals surface area contributed by atoms with E-state index in [9.17, 15) is 5.11 Å². The third kappa shape index (κ3) is 1.85. The summed E-state index contributed by atoms with van der Waals surface area (Å²) in [5.74, 6) is 0. The van der Waals surface area contributed by atoms with Gasteiger partial charge in [-0.15, -0.1) is 0 Å². The van der Waals surface area contributed by atoms with Crippen molar-refractivity contribution in [2.24, 2.45) is 0 Å². The highest BCUT2D eigenvalue weighted by Gasteiger charge is 2.20. The van der Waals surface area contributed by atoms with Crippen molar-refractivity contribution in [1.29, 1.82) is 0 Å². The van der Waals surface area contributed by atoms with Crippen molar-refractivity contribution in [3.8, 4) is 11.1 Å². The van der Waals surface area contributed by atoms with Crippen LogP contribution in [0.5, 0.6) is 0 Å². The number of rotatable bonds is 1. The van der Waals surface area contributed by atoms with E-state index in [4.69, 9.17) is 0 Å². The first-order chi connectivity index (χ1) is 8.55. The predicted molar refractivity (Wildman–Crippen MR) is 74.5 cm³/mol. The van der Waals surface area contributed by atoms with Crippen molar-refractivity contribution in [2.45, 2.75) is 32.3 Å². The van der Waals surface area contributed by atoms with E-state index < -0.39 is 5.60 Å². The van der Waals surface area contributed by atoms with Crippen LogP contribution in [0.25, 0.3) is 11.1 Å². The SMILES string of the molecule is CC(C)(O)c1ccc2c(c1)CCc1ccccc1-2. The molecular weight excluding hydrogens is 220 g/mol. The summed E-state index contributed by atoms with van der Waals surface area (Å²) >= 11 is 0. The average Bonchev–Trinajstić information content (AvgIpc) is 2.37. The van der Waals surface area contributed by atoms with Crippen LogP contribution in [0.4, 0.5) is 0 Å². The second-order valence-corrected chi connectivity index (χ2v) is 5.59. The van der Waals surface area contributed by atoms with Gasteiger partial charge in [0, 0.05) is 0 Å². The first kappa shape index (κ1) is 11.5. The average molecular weight is 238 g/mol. The smallest absolute Gasteiger partial charge is 0.0840 e. The van der Waals surface area contributed by atoms with Crippen molar-refractivity contribution >= 4 is 0 Å². The minimum Gasteiger partial charge on any atom is -0.386 e. The minimum absolute atomic E-state index is 0.758. The molecule has 0 aliphatic heterocycles. The second-order valence-electron chi connectivity index (χ2n) is 5.59. The highest BCUT2D eigenvalue weighted by Crippen LogP contribution is 2.35. The van der Waals surface area contributed by atoms with Crippen molar-refractivity contribution in [2.75, 3.05) is 0 Å². The van der Waals surface area contributed by atoms with E-state index in [0.29, 0.717) is 0 Å². The lowest BCUT2D eigenvalue weighted by Gasteiger charge is -2.24. The Morgan fingerprint density at radius 1 is 0.889 bits per heavy atom. The van der Waals surface area contributed by atoms with Crippen LogP contribution in [0.2, 0.25) is 0 Å². The summed E-state index contributed by atoms with van der Waals surface area (Å²) < 4.78 is 0. The molecule has 0 bridgehead atoms. The van der Waals surface area contributed by atoms with Gasteiger partial charge in [0.2, 0.25) is 0 Å². The molecule has 0 spiro atoms. The van der Waals surface area contributed by atoms with E-state index in [2.05, 4.69) is 36.4 Å². The summed E-state index contributed by atoms with van der Waals surface area (Å²) in [5, 5.41) is 10.1. The van der Waals surface area contributed by atoms with E-state index in [0.717, 1.165) is 18.4 Å². The number of hydrogen-bond donors (Lipinski definition) is 1. The van der Waals surface area contributed by atoms with Crippen LogP contribution in [0, 0.1) is 0 Å². The molecule has 1 N–H and O–H groups in total. The molecule has 0 radical (unpaired) electrons. The maximum absolute atomic E-state index is 10.1. The van der Waals surface area contributed by atoms with Gasteiger partial charge in [-0.2, -0.15) is 0 Å². The standard InChI is InChI=1S/C17H18O/c1-17(2,18)14-9-10-16-13(11-14)8-7-12-5-3-4-6-15(12)16/h3-6,9-11,18H,7-8H2,1-2H3. The Morgan fingerprint density at radius 2 is 1.56 bits per heavy atom. The number of hydrogen-bond acceptors (Lipinski definition) is 1. The second kappa shape index (κ2) is 3.96. The molecule has 0 atom stereocenters. The monoisotopic (exact) mass is 238 g/mol. The third-order valence-corrected chi connectivity index (χ3v) is 3.78. The van der Waals surface area contributed by atoms with Gasteiger partial charge >= 0.3 is 0 Å². The molecule has 0 heterocycles. The minimum atomic E-state index is -0.758. The maximum Gasteiger partial charge on any atom is 0.0840 e. The van der Waals surface area contributed by atoms with E-state index in [1.807, 2.05) is 19.9 Å². The molecular formula is C17H18O. The Labute approximate surface area is 108 Å². The molecule has 0 amide bonds. The van der Waals surface area contributed by atoms with Gasteiger partial charge in [-0.3, -0.25) is 0 Å². The van der Waals surface area contributed by atoms with Crippen LogP contribution in [0.15, 0.2) is 42.5 Å². The summed E-state index contributed by atoms with van der Waals surface area (Å²) in [7, 11) is 0. The molecule has 1 nitrogen and oxygen atoms in total. The molecule has 0 aromatic heterocycles. The fraction of sp³-hybridized carbons (Fsp3) is 0.294. The van der Waals surface area contributed by atoms with Crippen LogP contribution < -0.4 is 0 Å². The van der Waals surface area contributed by atoms with E-state index >= 15 is 0 Å². The number of benzene rings is 2. The summed E-state index contributed by atoms with van der Waals surface area (Å²) in [5.41, 5.74) is 5.70. The topological polar surface area (TPSA) is 20.2 Å². The number of aliphatic hydroxyl groups is 1. The van der Waals surface area contributed by atoms with Crippen LogP contribution in [-0.2, 0) is 18.4 Å². The largest absolute Gasteiger partial charge is 0.386 e. The van der Waals surface area contributed by atoms with Crippen LogP contribution in [-0.4, -0.2) is 5.11 Å². The molecule has 1 heteroatoms. The molecule has 3 rings (SSSR count). The van der Waals surface area contributed by atoms with Gasteiger partial charge in [-0.1, -0.05) is 42.5 Å². The highest BCUT2D eigenvalue weighted by molar-refractivity contribution is 5.73. The maximum atomic E-state index is 10.1. The Kier molecular flexibility index (Phi) is 2.53. The van der Waals surface area contributed by atoms with Crippen molar-refractivity contribution in [3.05, 3.63) is 59.2 Å². The third-order valence-electron chi connectivity index (χ3n) is 3.78. The van der Waals surface area contributed by atoms with Gasteiger partial charge in [0.25, 0.3) is 0 Å². The zero-order chi connectivity index (χ0) is 12.8. The van der Waals surface area contributed by atoms with Crippen LogP contribution in [0.3, 0.4) is 0 Å². The van der Waals surface area contributed by atoms with Crippen molar-refractivity contribution < 1.29 is 5.11 Å². The molecule has 0 unspecified atom stereocenters. The van der Waals surface area contributed by atoms with E-state index in [1.54, 1.807) is 0 Å². The van der Waals surface area contributed by atoms with Gasteiger partial charge in [0.05, 0.1) is 5.60 Å². The fourth-order valence-electron chi connectivity index (χ4n) is 2.71. The molecule has 1 aliphatic carbocycles.